The summed E-state index contributed by atoms with van der Waals surface area (Å²) in [4.78, 5) is 9.85. The quantitative estimate of drug-likeness (QED) is 0.167. The molecule has 224 valence electrons. The Kier molecular flexibility index (Phi) is 6.38. The Bertz CT molecular complexity index is 2660. The van der Waals surface area contributed by atoms with Crippen LogP contribution in [0.1, 0.15) is 11.3 Å². The first-order valence-electron chi connectivity index (χ1n) is 15.4. The van der Waals surface area contributed by atoms with Crippen molar-refractivity contribution >= 4 is 43.6 Å². The molecule has 0 unspecified atom stereocenters. The molecule has 6 heteroatoms. The average Bonchev–Trinajstić information content (AvgIpc) is 3.75. The molecule has 0 fully saturated rings. The summed E-state index contributed by atoms with van der Waals surface area (Å²) < 4.78 is 10.8. The second kappa shape index (κ2) is 10.8. The summed E-state index contributed by atoms with van der Waals surface area (Å²) in [7, 11) is 0. The summed E-state index contributed by atoms with van der Waals surface area (Å²) in [5.41, 5.74) is 8.90. The summed E-state index contributed by atoms with van der Waals surface area (Å²) in [6.45, 7) is 0. The first-order chi connectivity index (χ1) is 22.8. The molecule has 10 rings (SSSR count). The number of hydrogen-bond acceptors (Lipinski definition) is 3. The summed E-state index contributed by atoms with van der Waals surface area (Å²) in [5, 5.41) is 4.49. The van der Waals surface area contributed by atoms with Crippen LogP contribution in [0.3, 0.4) is 0 Å². The van der Waals surface area contributed by atoms with E-state index in [-0.39, 0.29) is 21.1 Å². The van der Waals surface area contributed by atoms with Gasteiger partial charge in [-0.3, -0.25) is 0 Å². The summed E-state index contributed by atoms with van der Waals surface area (Å²) in [6, 6.07) is 51.0. The van der Waals surface area contributed by atoms with Crippen LogP contribution < -0.4 is 4.74 Å². The van der Waals surface area contributed by atoms with Gasteiger partial charge in [-0.1, -0.05) is 77.8 Å². The Labute approximate surface area is 285 Å². The smallest absolute Gasteiger partial charge is 0.509 e. The van der Waals surface area contributed by atoms with Crippen molar-refractivity contribution in [2.45, 2.75) is 6.42 Å². The minimum atomic E-state index is 0. The van der Waals surface area contributed by atoms with Gasteiger partial charge in [0.05, 0.1) is 5.69 Å². The van der Waals surface area contributed by atoms with Gasteiger partial charge in [-0.2, -0.15) is 12.1 Å². The number of para-hydroxylation sites is 2. The van der Waals surface area contributed by atoms with E-state index in [4.69, 9.17) is 9.72 Å². The Morgan fingerprint density at radius 1 is 0.532 bits per heavy atom. The fourth-order valence-corrected chi connectivity index (χ4v) is 7.06. The van der Waals surface area contributed by atoms with Crippen molar-refractivity contribution in [3.8, 4) is 34.3 Å². The molecule has 47 heavy (non-hydrogen) atoms. The first kappa shape index (κ1) is 27.8. The van der Waals surface area contributed by atoms with E-state index in [0.29, 0.717) is 11.5 Å². The molecule has 4 heterocycles. The Hall–Kier alpha value is -5.51. The maximum absolute atomic E-state index is 6.51. The first-order valence-corrected chi connectivity index (χ1v) is 15.4. The predicted molar refractivity (Wildman–Crippen MR) is 183 cm³/mol. The topological polar surface area (TPSA) is 44.9 Å². The van der Waals surface area contributed by atoms with Gasteiger partial charge in [-0.05, 0) is 58.3 Å². The average molecular weight is 784 g/mol. The maximum atomic E-state index is 6.51. The molecule has 0 bridgehead atoms. The molecule has 1 aliphatic rings. The summed E-state index contributed by atoms with van der Waals surface area (Å²) in [5.74, 6) is 2.93. The standard InChI is InChI=1S/C41H24N4O.Pt/c1-2-10-29-26(9-1)23-35-30(29)20-21-41(43-35)45-37-14-6-4-12-32(37)34-19-17-28(25-39(34)45)46-27-16-18-33-31-11-3-5-13-36(31)44(38(33)24-27)40-15-7-8-22-42-40;/h1-22H,23H2;/q-2;+2. The second-order valence-corrected chi connectivity index (χ2v) is 11.7. The van der Waals surface area contributed by atoms with Crippen LogP contribution in [0, 0.1) is 12.1 Å². The molecule has 5 aromatic carbocycles. The number of pyridine rings is 2. The summed E-state index contributed by atoms with van der Waals surface area (Å²) >= 11 is 0. The SMILES string of the molecule is [Pt+2].[c-]1c(Oc2[c-]c3c(cc2)c2ccccc2n3-c2ccc3c(n2)Cc2ccccc2-3)ccc2c3ccccc3n(-c3ccccn3)c12. The zero-order chi connectivity index (χ0) is 30.2. The van der Waals surface area contributed by atoms with E-state index in [1.54, 1.807) is 0 Å². The van der Waals surface area contributed by atoms with Crippen LogP contribution >= 0.6 is 0 Å². The van der Waals surface area contributed by atoms with Crippen LogP contribution in [0.25, 0.3) is 66.4 Å². The molecule has 9 aromatic rings. The van der Waals surface area contributed by atoms with Crippen molar-refractivity contribution in [1.82, 2.24) is 19.1 Å². The van der Waals surface area contributed by atoms with Crippen LogP contribution in [0.5, 0.6) is 11.5 Å². The van der Waals surface area contributed by atoms with E-state index < -0.39 is 0 Å². The third kappa shape index (κ3) is 4.27. The zero-order valence-electron chi connectivity index (χ0n) is 24.9. The largest absolute Gasteiger partial charge is 2.00 e. The van der Waals surface area contributed by atoms with Gasteiger partial charge in [0.2, 0.25) is 0 Å². The van der Waals surface area contributed by atoms with Crippen LogP contribution in [0.4, 0.5) is 0 Å². The van der Waals surface area contributed by atoms with E-state index in [1.165, 1.54) is 16.7 Å². The molecule has 5 nitrogen and oxygen atoms in total. The monoisotopic (exact) mass is 783 g/mol. The van der Waals surface area contributed by atoms with Crippen molar-refractivity contribution in [3.63, 3.8) is 0 Å². The normalized spacial score (nSPS) is 12.0. The van der Waals surface area contributed by atoms with Gasteiger partial charge in [0, 0.05) is 40.7 Å². The van der Waals surface area contributed by atoms with Crippen molar-refractivity contribution in [2.24, 2.45) is 0 Å². The minimum absolute atomic E-state index is 0. The van der Waals surface area contributed by atoms with E-state index in [9.17, 15) is 0 Å². The van der Waals surface area contributed by atoms with Crippen molar-refractivity contribution in [2.75, 3.05) is 0 Å². The third-order valence-electron chi connectivity index (χ3n) is 9.07. The van der Waals surface area contributed by atoms with Gasteiger partial charge < -0.3 is 13.9 Å². The second-order valence-electron chi connectivity index (χ2n) is 11.7. The minimum Gasteiger partial charge on any atom is -0.509 e. The van der Waals surface area contributed by atoms with Crippen LogP contribution in [-0.4, -0.2) is 19.1 Å². The van der Waals surface area contributed by atoms with Crippen LogP contribution in [0.2, 0.25) is 0 Å². The number of fused-ring (bicyclic) bond motifs is 9. The number of benzene rings is 5. The van der Waals surface area contributed by atoms with Gasteiger partial charge in [-0.25, -0.2) is 9.97 Å². The van der Waals surface area contributed by atoms with E-state index in [2.05, 4.69) is 123 Å². The van der Waals surface area contributed by atoms with Gasteiger partial charge >= 0.3 is 21.1 Å². The van der Waals surface area contributed by atoms with Crippen molar-refractivity contribution in [3.05, 3.63) is 157 Å². The number of rotatable bonds is 4. The number of nitrogens with zero attached hydrogens (tertiary/aromatic N) is 4. The van der Waals surface area contributed by atoms with Crippen LogP contribution in [0.15, 0.2) is 134 Å². The molecule has 0 N–H and O–H groups in total. The van der Waals surface area contributed by atoms with Crippen molar-refractivity contribution < 1.29 is 25.8 Å². The fourth-order valence-electron chi connectivity index (χ4n) is 7.06. The van der Waals surface area contributed by atoms with Gasteiger partial charge in [-0.15, -0.1) is 35.0 Å². The molecule has 4 aromatic heterocycles. The molecule has 0 saturated heterocycles. The third-order valence-corrected chi connectivity index (χ3v) is 9.07. The molecule has 0 aliphatic heterocycles. The molecule has 1 aliphatic carbocycles. The molecule has 0 spiro atoms. The van der Waals surface area contributed by atoms with E-state index >= 15 is 0 Å². The maximum Gasteiger partial charge on any atom is 2.00 e. The van der Waals surface area contributed by atoms with Gasteiger partial charge in [0.25, 0.3) is 0 Å². The Morgan fingerprint density at radius 3 is 1.83 bits per heavy atom. The van der Waals surface area contributed by atoms with Crippen LogP contribution in [-0.2, 0) is 27.5 Å². The number of aromatic nitrogens is 4. The Morgan fingerprint density at radius 2 is 1.15 bits per heavy atom. The summed E-state index contributed by atoms with van der Waals surface area (Å²) in [6.07, 6.45) is 2.65. The molecule has 0 amide bonds. The molecular weight excluding hydrogens is 760 g/mol. The molecule has 0 atom stereocenters. The Balaban J connectivity index is 0.00000302. The van der Waals surface area contributed by atoms with E-state index in [1.807, 2.05) is 36.5 Å². The molecule has 0 radical (unpaired) electrons. The molecular formula is C41H24N4OPt. The van der Waals surface area contributed by atoms with Gasteiger partial charge in [0.1, 0.15) is 11.6 Å². The number of hydrogen-bond donors (Lipinski definition) is 0. The fraction of sp³-hybridized carbons (Fsp3) is 0.0244. The predicted octanol–water partition coefficient (Wildman–Crippen LogP) is 9.63. The molecule has 0 saturated carbocycles. The zero-order valence-corrected chi connectivity index (χ0v) is 27.2. The van der Waals surface area contributed by atoms with Gasteiger partial charge in [0.15, 0.2) is 0 Å². The number of ether oxygens (including phenoxy) is 1. The van der Waals surface area contributed by atoms with E-state index in [0.717, 1.165) is 67.4 Å². The van der Waals surface area contributed by atoms with Crippen molar-refractivity contribution in [1.29, 1.82) is 0 Å².